The van der Waals surface area contributed by atoms with Gasteiger partial charge in [-0.3, -0.25) is 19.9 Å². The first-order valence-corrected chi connectivity index (χ1v) is 8.99. The second-order valence-electron chi connectivity index (χ2n) is 6.69. The van der Waals surface area contributed by atoms with E-state index >= 15 is 0 Å². The Morgan fingerprint density at radius 1 is 0.962 bits per heavy atom. The van der Waals surface area contributed by atoms with Crippen molar-refractivity contribution in [3.63, 3.8) is 0 Å². The van der Waals surface area contributed by atoms with Crippen molar-refractivity contribution in [2.45, 2.75) is 6.54 Å². The average Bonchev–Trinajstić information content (AvgIpc) is 3.06. The molecular formula is C20H23N5O. The van der Waals surface area contributed by atoms with Crippen molar-refractivity contribution in [2.24, 2.45) is 0 Å². The standard InChI is InChI=1S/C20H23N5O/c26-19(23-20-21-17-8-4-5-9-18(17)22-20)15-25-12-10-24(11-13-25)14-16-6-2-1-3-7-16/h1-9H,10-15H2,(H2,21,22,23,26). The number of nitrogens with one attached hydrogen (secondary N) is 2. The number of benzene rings is 2. The molecule has 1 aromatic heterocycles. The number of fused-ring (bicyclic) bond motifs is 1. The summed E-state index contributed by atoms with van der Waals surface area (Å²) < 4.78 is 0. The quantitative estimate of drug-likeness (QED) is 0.742. The lowest BCUT2D eigenvalue weighted by Gasteiger charge is -2.34. The van der Waals surface area contributed by atoms with E-state index in [2.05, 4.69) is 49.4 Å². The number of imidazole rings is 1. The first-order chi connectivity index (χ1) is 12.8. The molecule has 6 nitrogen and oxygen atoms in total. The van der Waals surface area contributed by atoms with E-state index < -0.39 is 0 Å². The van der Waals surface area contributed by atoms with Crippen molar-refractivity contribution >= 4 is 22.9 Å². The van der Waals surface area contributed by atoms with Crippen LogP contribution in [0.4, 0.5) is 5.95 Å². The van der Waals surface area contributed by atoms with Gasteiger partial charge in [0.05, 0.1) is 17.6 Å². The zero-order valence-electron chi connectivity index (χ0n) is 14.7. The molecule has 4 rings (SSSR count). The number of amides is 1. The number of piperazine rings is 1. The minimum atomic E-state index is -0.0273. The molecule has 0 aliphatic carbocycles. The van der Waals surface area contributed by atoms with Crippen molar-refractivity contribution in [1.82, 2.24) is 19.8 Å². The fraction of sp³-hybridized carbons (Fsp3) is 0.300. The Labute approximate surface area is 152 Å². The third kappa shape index (κ3) is 4.09. The third-order valence-corrected chi connectivity index (χ3v) is 4.73. The van der Waals surface area contributed by atoms with Crippen LogP contribution in [0.15, 0.2) is 54.6 Å². The van der Waals surface area contributed by atoms with Gasteiger partial charge in [0.2, 0.25) is 11.9 Å². The molecule has 0 saturated carbocycles. The maximum Gasteiger partial charge on any atom is 0.240 e. The molecule has 0 unspecified atom stereocenters. The lowest BCUT2D eigenvalue weighted by molar-refractivity contribution is -0.117. The topological polar surface area (TPSA) is 64.3 Å². The molecule has 0 bridgehead atoms. The molecule has 1 aliphatic heterocycles. The second kappa shape index (κ2) is 7.68. The van der Waals surface area contributed by atoms with E-state index in [1.807, 2.05) is 30.3 Å². The molecule has 1 fully saturated rings. The average molecular weight is 349 g/mol. The fourth-order valence-electron chi connectivity index (χ4n) is 3.33. The first kappa shape index (κ1) is 16.8. The molecule has 2 aromatic carbocycles. The van der Waals surface area contributed by atoms with Crippen LogP contribution in [-0.2, 0) is 11.3 Å². The SMILES string of the molecule is O=C(CN1CCN(Cc2ccccc2)CC1)Nc1nc2ccccc2[nH]1. The largest absolute Gasteiger partial charge is 0.324 e. The number of para-hydroxylation sites is 2. The lowest BCUT2D eigenvalue weighted by Crippen LogP contribution is -2.48. The van der Waals surface area contributed by atoms with Gasteiger partial charge in [-0.2, -0.15) is 0 Å². The van der Waals surface area contributed by atoms with Gasteiger partial charge in [0.15, 0.2) is 0 Å². The van der Waals surface area contributed by atoms with Gasteiger partial charge in [0.1, 0.15) is 0 Å². The summed E-state index contributed by atoms with van der Waals surface area (Å²) in [5.74, 6) is 0.486. The van der Waals surface area contributed by atoms with Crippen LogP contribution in [0.1, 0.15) is 5.56 Å². The summed E-state index contributed by atoms with van der Waals surface area (Å²) in [6, 6.07) is 18.3. The van der Waals surface area contributed by atoms with Crippen molar-refractivity contribution in [1.29, 1.82) is 0 Å². The van der Waals surface area contributed by atoms with Crippen LogP contribution in [0.2, 0.25) is 0 Å². The maximum absolute atomic E-state index is 12.3. The molecule has 26 heavy (non-hydrogen) atoms. The summed E-state index contributed by atoms with van der Waals surface area (Å²) >= 11 is 0. The molecule has 1 aliphatic rings. The van der Waals surface area contributed by atoms with Gasteiger partial charge in [-0.15, -0.1) is 0 Å². The van der Waals surface area contributed by atoms with Crippen LogP contribution < -0.4 is 5.32 Å². The summed E-state index contributed by atoms with van der Waals surface area (Å²) in [5.41, 5.74) is 3.12. The zero-order valence-corrected chi connectivity index (χ0v) is 14.7. The molecule has 0 atom stereocenters. The van der Waals surface area contributed by atoms with Crippen LogP contribution in [0.25, 0.3) is 11.0 Å². The zero-order chi connectivity index (χ0) is 17.8. The van der Waals surface area contributed by atoms with E-state index in [1.54, 1.807) is 0 Å². The molecule has 1 saturated heterocycles. The van der Waals surface area contributed by atoms with E-state index in [0.29, 0.717) is 12.5 Å². The second-order valence-corrected chi connectivity index (χ2v) is 6.69. The number of aromatic nitrogens is 2. The van der Waals surface area contributed by atoms with Crippen molar-refractivity contribution < 1.29 is 4.79 Å². The number of hydrogen-bond acceptors (Lipinski definition) is 4. The lowest BCUT2D eigenvalue weighted by atomic mass is 10.2. The highest BCUT2D eigenvalue weighted by Crippen LogP contribution is 2.13. The van der Waals surface area contributed by atoms with Crippen LogP contribution in [-0.4, -0.2) is 58.4 Å². The van der Waals surface area contributed by atoms with E-state index in [0.717, 1.165) is 43.8 Å². The Hall–Kier alpha value is -2.70. The summed E-state index contributed by atoms with van der Waals surface area (Å²) in [4.78, 5) is 24.4. The van der Waals surface area contributed by atoms with E-state index in [9.17, 15) is 4.79 Å². The minimum Gasteiger partial charge on any atom is -0.324 e. The van der Waals surface area contributed by atoms with Crippen molar-refractivity contribution in [3.8, 4) is 0 Å². The van der Waals surface area contributed by atoms with E-state index in [4.69, 9.17) is 0 Å². The highest BCUT2D eigenvalue weighted by Gasteiger charge is 2.19. The van der Waals surface area contributed by atoms with E-state index in [1.165, 1.54) is 5.56 Å². The predicted molar refractivity (Wildman–Crippen MR) is 103 cm³/mol. The Kier molecular flexibility index (Phi) is 4.95. The predicted octanol–water partition coefficient (Wildman–Crippen LogP) is 2.32. The highest BCUT2D eigenvalue weighted by atomic mass is 16.2. The van der Waals surface area contributed by atoms with Gasteiger partial charge < -0.3 is 4.98 Å². The van der Waals surface area contributed by atoms with Crippen molar-refractivity contribution in [3.05, 3.63) is 60.2 Å². The normalized spacial score (nSPS) is 16.0. The highest BCUT2D eigenvalue weighted by molar-refractivity contribution is 5.92. The molecule has 0 radical (unpaired) electrons. The third-order valence-electron chi connectivity index (χ3n) is 4.73. The number of rotatable bonds is 5. The van der Waals surface area contributed by atoms with Gasteiger partial charge in [-0.1, -0.05) is 42.5 Å². The maximum atomic E-state index is 12.3. The molecule has 0 spiro atoms. The van der Waals surface area contributed by atoms with Crippen LogP contribution in [0.3, 0.4) is 0 Å². The Bertz CT molecular complexity index is 835. The Balaban J connectivity index is 1.25. The smallest absolute Gasteiger partial charge is 0.240 e. The Morgan fingerprint density at radius 3 is 2.42 bits per heavy atom. The van der Waals surface area contributed by atoms with Crippen LogP contribution >= 0.6 is 0 Å². The molecule has 2 N–H and O–H groups in total. The first-order valence-electron chi connectivity index (χ1n) is 8.99. The van der Waals surface area contributed by atoms with Gasteiger partial charge in [0.25, 0.3) is 0 Å². The summed E-state index contributed by atoms with van der Waals surface area (Å²) in [6.45, 7) is 5.14. The minimum absolute atomic E-state index is 0.0273. The van der Waals surface area contributed by atoms with Crippen LogP contribution in [0, 0.1) is 0 Å². The van der Waals surface area contributed by atoms with E-state index in [-0.39, 0.29) is 5.91 Å². The number of H-pyrrole nitrogens is 1. The van der Waals surface area contributed by atoms with Crippen LogP contribution in [0.5, 0.6) is 0 Å². The number of anilines is 1. The molecule has 3 aromatic rings. The monoisotopic (exact) mass is 349 g/mol. The fourth-order valence-corrected chi connectivity index (χ4v) is 3.33. The summed E-state index contributed by atoms with van der Waals surface area (Å²) in [7, 11) is 0. The van der Waals surface area contributed by atoms with Gasteiger partial charge in [0, 0.05) is 32.7 Å². The molecule has 1 amide bonds. The molecule has 6 heteroatoms. The van der Waals surface area contributed by atoms with Crippen molar-refractivity contribution in [2.75, 3.05) is 38.0 Å². The Morgan fingerprint density at radius 2 is 1.65 bits per heavy atom. The number of hydrogen-bond donors (Lipinski definition) is 2. The van der Waals surface area contributed by atoms with Gasteiger partial charge in [-0.25, -0.2) is 4.98 Å². The molecular weight excluding hydrogens is 326 g/mol. The number of carbonyl (C=O) groups excluding carboxylic acids is 1. The number of nitrogens with zero attached hydrogens (tertiary/aromatic N) is 3. The summed E-state index contributed by atoms with van der Waals surface area (Å²) in [5, 5.41) is 2.87. The molecule has 2 heterocycles. The van der Waals surface area contributed by atoms with Gasteiger partial charge >= 0.3 is 0 Å². The van der Waals surface area contributed by atoms with Gasteiger partial charge in [-0.05, 0) is 17.7 Å². The summed E-state index contributed by atoms with van der Waals surface area (Å²) in [6.07, 6.45) is 0. The number of carbonyl (C=O) groups is 1. The number of aromatic amines is 1. The molecule has 134 valence electrons.